The van der Waals surface area contributed by atoms with Crippen LogP contribution >= 0.6 is 0 Å². The van der Waals surface area contributed by atoms with E-state index in [1.54, 1.807) is 29.2 Å². The summed E-state index contributed by atoms with van der Waals surface area (Å²) in [7, 11) is 0. The molecule has 0 radical (unpaired) electrons. The number of nitrogens with zero attached hydrogens (tertiary/aromatic N) is 2. The predicted octanol–water partition coefficient (Wildman–Crippen LogP) is 3.77. The summed E-state index contributed by atoms with van der Waals surface area (Å²) in [6.07, 6.45) is 7.42. The van der Waals surface area contributed by atoms with Gasteiger partial charge in [0.25, 0.3) is 0 Å². The highest BCUT2D eigenvalue weighted by Crippen LogP contribution is 2.27. The number of H-pyrrole nitrogens is 1. The zero-order valence-corrected chi connectivity index (χ0v) is 21.9. The van der Waals surface area contributed by atoms with Gasteiger partial charge in [0.2, 0.25) is 11.8 Å². The van der Waals surface area contributed by atoms with Crippen LogP contribution in [0.1, 0.15) is 49.3 Å². The van der Waals surface area contributed by atoms with Crippen molar-refractivity contribution in [2.75, 3.05) is 39.4 Å². The third-order valence-electron chi connectivity index (χ3n) is 7.82. The molecule has 3 aromatic rings. The molecule has 3 N–H and O–H groups in total. The number of carbonyl (C=O) groups excluding carboxylic acids is 2. The minimum atomic E-state index is -0.781. The number of morpholine rings is 1. The monoisotopic (exact) mass is 518 g/mol. The molecule has 1 aliphatic heterocycles. The number of carbonyl (C=O) groups is 2. The number of rotatable bonds is 9. The highest BCUT2D eigenvalue weighted by Gasteiger charge is 2.33. The van der Waals surface area contributed by atoms with Gasteiger partial charge in [0.1, 0.15) is 11.8 Å². The van der Waals surface area contributed by atoms with Gasteiger partial charge in [-0.3, -0.25) is 14.5 Å². The molecule has 0 bridgehead atoms. The molecule has 1 atom stereocenters. The summed E-state index contributed by atoms with van der Waals surface area (Å²) >= 11 is 0. The number of hydrogen-bond acceptors (Lipinski definition) is 5. The molecule has 8 nitrogen and oxygen atoms in total. The summed E-state index contributed by atoms with van der Waals surface area (Å²) in [6, 6.07) is 14.0. The Labute approximate surface area is 224 Å². The average molecular weight is 519 g/mol. The third kappa shape index (κ3) is 6.37. The van der Waals surface area contributed by atoms with Gasteiger partial charge in [-0.25, -0.2) is 0 Å². The van der Waals surface area contributed by atoms with Crippen molar-refractivity contribution < 1.29 is 19.4 Å². The van der Waals surface area contributed by atoms with Crippen molar-refractivity contribution in [3.8, 4) is 5.75 Å². The van der Waals surface area contributed by atoms with E-state index < -0.39 is 6.04 Å². The number of aromatic amines is 1. The number of nitrogens with one attached hydrogen (secondary N) is 2. The maximum Gasteiger partial charge on any atom is 0.247 e. The minimum Gasteiger partial charge on any atom is -0.508 e. The second kappa shape index (κ2) is 12.5. The smallest absolute Gasteiger partial charge is 0.247 e. The van der Waals surface area contributed by atoms with Gasteiger partial charge in [-0.1, -0.05) is 49.6 Å². The number of aromatic nitrogens is 1. The molecule has 8 heteroatoms. The SMILES string of the molecule is O=C(NC1CCCCC1)C(c1ccc(O)cc1)N(CCN1CCOCC1)C(=O)Cc1c[nH]c2ccccc12. The molecular formula is C30H38N4O4. The number of ether oxygens (including phenoxy) is 1. The summed E-state index contributed by atoms with van der Waals surface area (Å²) in [6.45, 7) is 4.05. The van der Waals surface area contributed by atoms with Crippen molar-refractivity contribution in [3.63, 3.8) is 0 Å². The summed E-state index contributed by atoms with van der Waals surface area (Å²) < 4.78 is 5.50. The molecule has 2 fully saturated rings. The van der Waals surface area contributed by atoms with E-state index in [-0.39, 0.29) is 30.0 Å². The van der Waals surface area contributed by atoms with Crippen LogP contribution in [0.2, 0.25) is 0 Å². The third-order valence-corrected chi connectivity index (χ3v) is 7.82. The molecule has 5 rings (SSSR count). The first kappa shape index (κ1) is 26.3. The van der Waals surface area contributed by atoms with Gasteiger partial charge in [0, 0.05) is 49.3 Å². The Morgan fingerprint density at radius 1 is 1.05 bits per heavy atom. The van der Waals surface area contributed by atoms with Crippen molar-refractivity contribution in [2.45, 2.75) is 50.6 Å². The van der Waals surface area contributed by atoms with Gasteiger partial charge < -0.3 is 25.0 Å². The molecule has 1 saturated carbocycles. The van der Waals surface area contributed by atoms with Crippen molar-refractivity contribution in [1.29, 1.82) is 0 Å². The first-order chi connectivity index (χ1) is 18.6. The Bertz CT molecular complexity index is 1210. The number of aromatic hydroxyl groups is 1. The van der Waals surface area contributed by atoms with Crippen LogP contribution < -0.4 is 5.32 Å². The normalized spacial score (nSPS) is 17.8. The van der Waals surface area contributed by atoms with E-state index in [0.29, 0.717) is 31.9 Å². The number of phenols is 1. The summed E-state index contributed by atoms with van der Waals surface area (Å²) in [5.74, 6) is -0.123. The molecule has 0 spiro atoms. The van der Waals surface area contributed by atoms with E-state index >= 15 is 0 Å². The maximum absolute atomic E-state index is 14.0. The molecule has 2 amide bonds. The molecule has 38 heavy (non-hydrogen) atoms. The van der Waals surface area contributed by atoms with Crippen molar-refractivity contribution in [1.82, 2.24) is 20.1 Å². The summed E-state index contributed by atoms with van der Waals surface area (Å²) in [5, 5.41) is 14.2. The fourth-order valence-electron chi connectivity index (χ4n) is 5.67. The van der Waals surface area contributed by atoms with Crippen LogP contribution in [0.5, 0.6) is 5.75 Å². The van der Waals surface area contributed by atoms with Gasteiger partial charge in [-0.05, 0) is 42.2 Å². The number of benzene rings is 2. The zero-order chi connectivity index (χ0) is 26.3. The van der Waals surface area contributed by atoms with Gasteiger partial charge in [-0.2, -0.15) is 0 Å². The Balaban J connectivity index is 1.44. The lowest BCUT2D eigenvalue weighted by atomic mass is 9.94. The summed E-state index contributed by atoms with van der Waals surface area (Å²) in [4.78, 5) is 35.2. The standard InChI is InChI=1S/C30H38N4O4/c35-25-12-10-22(11-13-25)29(30(37)32-24-6-2-1-3-7-24)34(15-14-33-16-18-38-19-17-33)28(36)20-23-21-31-27-9-5-4-8-26(23)27/h4-5,8-13,21,24,29,31,35H,1-3,6-7,14-20H2,(H,32,37). The Hall–Kier alpha value is -3.36. The van der Waals surface area contributed by atoms with Crippen LogP contribution in [0.25, 0.3) is 10.9 Å². The molecule has 1 saturated heterocycles. The van der Waals surface area contributed by atoms with E-state index in [0.717, 1.165) is 55.2 Å². The quantitative estimate of drug-likeness (QED) is 0.401. The largest absolute Gasteiger partial charge is 0.508 e. The number of hydrogen-bond donors (Lipinski definition) is 3. The highest BCUT2D eigenvalue weighted by atomic mass is 16.5. The fraction of sp³-hybridized carbons (Fsp3) is 0.467. The number of amides is 2. The van der Waals surface area contributed by atoms with E-state index in [1.165, 1.54) is 6.42 Å². The Morgan fingerprint density at radius 2 is 1.79 bits per heavy atom. The minimum absolute atomic E-state index is 0.0973. The molecule has 2 aliphatic rings. The first-order valence-corrected chi connectivity index (χ1v) is 13.8. The topological polar surface area (TPSA) is 97.9 Å². The van der Waals surface area contributed by atoms with E-state index in [4.69, 9.17) is 4.74 Å². The van der Waals surface area contributed by atoms with Crippen LogP contribution in [0.3, 0.4) is 0 Å². The van der Waals surface area contributed by atoms with Crippen LogP contribution in [-0.2, 0) is 20.7 Å². The van der Waals surface area contributed by atoms with Crippen molar-refractivity contribution >= 4 is 22.7 Å². The number of fused-ring (bicyclic) bond motifs is 1. The maximum atomic E-state index is 14.0. The van der Waals surface area contributed by atoms with Gasteiger partial charge in [0.15, 0.2) is 0 Å². The van der Waals surface area contributed by atoms with E-state index in [9.17, 15) is 14.7 Å². The van der Waals surface area contributed by atoms with Crippen molar-refractivity contribution in [2.24, 2.45) is 0 Å². The summed E-state index contributed by atoms with van der Waals surface area (Å²) in [5.41, 5.74) is 2.60. The lowest BCUT2D eigenvalue weighted by Gasteiger charge is -2.35. The lowest BCUT2D eigenvalue weighted by Crippen LogP contribution is -2.50. The molecule has 1 unspecified atom stereocenters. The number of para-hydroxylation sites is 1. The molecule has 2 aromatic carbocycles. The van der Waals surface area contributed by atoms with Gasteiger partial charge >= 0.3 is 0 Å². The van der Waals surface area contributed by atoms with Crippen LogP contribution in [0.4, 0.5) is 0 Å². The van der Waals surface area contributed by atoms with Gasteiger partial charge in [-0.15, -0.1) is 0 Å². The van der Waals surface area contributed by atoms with Crippen molar-refractivity contribution in [3.05, 3.63) is 65.9 Å². The van der Waals surface area contributed by atoms with Crippen LogP contribution in [-0.4, -0.2) is 77.1 Å². The van der Waals surface area contributed by atoms with Gasteiger partial charge in [0.05, 0.1) is 19.6 Å². The van der Waals surface area contributed by atoms with Crippen LogP contribution in [0, 0.1) is 0 Å². The van der Waals surface area contributed by atoms with E-state index in [2.05, 4.69) is 15.2 Å². The molecular weight excluding hydrogens is 480 g/mol. The second-order valence-corrected chi connectivity index (χ2v) is 10.4. The average Bonchev–Trinajstić information content (AvgIpc) is 3.35. The predicted molar refractivity (Wildman–Crippen MR) is 147 cm³/mol. The first-order valence-electron chi connectivity index (χ1n) is 13.8. The number of phenolic OH excluding ortho intramolecular Hbond substituents is 1. The zero-order valence-electron chi connectivity index (χ0n) is 21.9. The second-order valence-electron chi connectivity index (χ2n) is 10.4. The molecule has 1 aromatic heterocycles. The molecule has 2 heterocycles. The Morgan fingerprint density at radius 3 is 2.55 bits per heavy atom. The van der Waals surface area contributed by atoms with E-state index in [1.807, 2.05) is 30.5 Å². The lowest BCUT2D eigenvalue weighted by molar-refractivity contribution is -0.141. The molecule has 1 aliphatic carbocycles. The Kier molecular flexibility index (Phi) is 8.61. The molecule has 202 valence electrons. The highest BCUT2D eigenvalue weighted by molar-refractivity contribution is 5.92. The fourth-order valence-corrected chi connectivity index (χ4v) is 5.67. The van der Waals surface area contributed by atoms with Crippen LogP contribution in [0.15, 0.2) is 54.7 Å².